The standard InChI is InChI=1S/C14H16F2N2S/c1-14(2,3)13-18-10(8-19-13)7-17-9-4-5-11(15)12(16)6-9/h4-6,8,17H,7H2,1-3H3. The molecule has 1 heterocycles. The first-order valence-electron chi connectivity index (χ1n) is 6.00. The third kappa shape index (κ3) is 3.50. The third-order valence-corrected chi connectivity index (χ3v) is 3.90. The summed E-state index contributed by atoms with van der Waals surface area (Å²) in [5.74, 6) is -1.69. The lowest BCUT2D eigenvalue weighted by Crippen LogP contribution is -2.11. The van der Waals surface area contributed by atoms with E-state index in [1.165, 1.54) is 6.07 Å². The van der Waals surface area contributed by atoms with E-state index in [0.717, 1.165) is 22.8 Å². The molecule has 0 radical (unpaired) electrons. The van der Waals surface area contributed by atoms with Crippen LogP contribution in [0.2, 0.25) is 0 Å². The van der Waals surface area contributed by atoms with E-state index in [-0.39, 0.29) is 5.41 Å². The van der Waals surface area contributed by atoms with Crippen molar-refractivity contribution in [3.8, 4) is 0 Å². The maximum atomic E-state index is 13.0. The Bertz CT molecular complexity index is 573. The zero-order valence-electron chi connectivity index (χ0n) is 11.1. The van der Waals surface area contributed by atoms with Gasteiger partial charge in [0.05, 0.1) is 17.2 Å². The number of hydrogen-bond acceptors (Lipinski definition) is 3. The van der Waals surface area contributed by atoms with Crippen LogP contribution in [0.3, 0.4) is 0 Å². The quantitative estimate of drug-likeness (QED) is 0.906. The normalized spacial score (nSPS) is 11.6. The lowest BCUT2D eigenvalue weighted by Gasteiger charge is -2.13. The van der Waals surface area contributed by atoms with Gasteiger partial charge in [-0.25, -0.2) is 13.8 Å². The van der Waals surface area contributed by atoms with Gasteiger partial charge in [0.25, 0.3) is 0 Å². The summed E-state index contributed by atoms with van der Waals surface area (Å²) >= 11 is 1.61. The van der Waals surface area contributed by atoms with Gasteiger partial charge in [-0.05, 0) is 12.1 Å². The second-order valence-corrected chi connectivity index (χ2v) is 6.23. The Hall–Kier alpha value is -1.49. The van der Waals surface area contributed by atoms with Crippen molar-refractivity contribution in [1.82, 2.24) is 4.98 Å². The predicted octanol–water partition coefficient (Wildman–Crippen LogP) is 4.33. The molecule has 0 bridgehead atoms. The van der Waals surface area contributed by atoms with Crippen molar-refractivity contribution < 1.29 is 8.78 Å². The second-order valence-electron chi connectivity index (χ2n) is 5.38. The fourth-order valence-corrected chi connectivity index (χ4v) is 2.44. The maximum absolute atomic E-state index is 13.0. The number of anilines is 1. The number of hydrogen-bond donors (Lipinski definition) is 1. The molecule has 1 N–H and O–H groups in total. The molecule has 0 fully saturated rings. The summed E-state index contributed by atoms with van der Waals surface area (Å²) in [6.45, 7) is 6.83. The van der Waals surface area contributed by atoms with Crippen molar-refractivity contribution in [2.75, 3.05) is 5.32 Å². The van der Waals surface area contributed by atoms with Crippen LogP contribution in [-0.4, -0.2) is 4.98 Å². The molecular formula is C14H16F2N2S. The predicted molar refractivity (Wildman–Crippen MR) is 74.5 cm³/mol. The van der Waals surface area contributed by atoms with Crippen LogP contribution in [0.4, 0.5) is 14.5 Å². The molecule has 1 aromatic carbocycles. The van der Waals surface area contributed by atoms with Crippen molar-refractivity contribution in [1.29, 1.82) is 0 Å². The SMILES string of the molecule is CC(C)(C)c1nc(CNc2ccc(F)c(F)c2)cs1. The molecule has 0 aliphatic rings. The lowest BCUT2D eigenvalue weighted by molar-refractivity contribution is 0.509. The highest BCUT2D eigenvalue weighted by Gasteiger charge is 2.17. The zero-order valence-corrected chi connectivity index (χ0v) is 11.9. The van der Waals surface area contributed by atoms with Crippen molar-refractivity contribution in [3.05, 3.63) is 45.9 Å². The van der Waals surface area contributed by atoms with Crippen LogP contribution in [0.1, 0.15) is 31.5 Å². The molecule has 0 saturated carbocycles. The monoisotopic (exact) mass is 282 g/mol. The van der Waals surface area contributed by atoms with Crippen molar-refractivity contribution in [2.45, 2.75) is 32.7 Å². The van der Waals surface area contributed by atoms with E-state index in [1.807, 2.05) is 5.38 Å². The molecule has 2 nitrogen and oxygen atoms in total. The summed E-state index contributed by atoms with van der Waals surface area (Å²) in [5.41, 5.74) is 1.48. The fourth-order valence-electron chi connectivity index (χ4n) is 1.53. The van der Waals surface area contributed by atoms with Crippen LogP contribution in [0.5, 0.6) is 0 Å². The maximum Gasteiger partial charge on any atom is 0.160 e. The first-order chi connectivity index (χ1) is 8.86. The molecule has 1 aromatic heterocycles. The Morgan fingerprint density at radius 2 is 1.95 bits per heavy atom. The minimum atomic E-state index is -0.848. The highest BCUT2D eigenvalue weighted by Crippen LogP contribution is 2.25. The van der Waals surface area contributed by atoms with Crippen LogP contribution >= 0.6 is 11.3 Å². The minimum absolute atomic E-state index is 0.0326. The molecular weight excluding hydrogens is 266 g/mol. The fraction of sp³-hybridized carbons (Fsp3) is 0.357. The molecule has 0 aliphatic carbocycles. The van der Waals surface area contributed by atoms with E-state index >= 15 is 0 Å². The van der Waals surface area contributed by atoms with Crippen LogP contribution in [-0.2, 0) is 12.0 Å². The van der Waals surface area contributed by atoms with E-state index in [9.17, 15) is 8.78 Å². The first-order valence-corrected chi connectivity index (χ1v) is 6.88. The molecule has 5 heteroatoms. The summed E-state index contributed by atoms with van der Waals surface area (Å²) in [6.07, 6.45) is 0. The smallest absolute Gasteiger partial charge is 0.160 e. The van der Waals surface area contributed by atoms with Gasteiger partial charge in [-0.3, -0.25) is 0 Å². The molecule has 2 aromatic rings. The van der Waals surface area contributed by atoms with Gasteiger partial charge in [0.1, 0.15) is 0 Å². The van der Waals surface area contributed by atoms with E-state index in [2.05, 4.69) is 31.1 Å². The Labute approximate surface area is 115 Å². The van der Waals surface area contributed by atoms with E-state index in [4.69, 9.17) is 0 Å². The van der Waals surface area contributed by atoms with Gasteiger partial charge in [-0.1, -0.05) is 20.8 Å². The molecule has 0 saturated heterocycles. The van der Waals surface area contributed by atoms with E-state index in [0.29, 0.717) is 12.2 Å². The largest absolute Gasteiger partial charge is 0.379 e. The first kappa shape index (κ1) is 13.9. The number of thiazole rings is 1. The molecule has 0 spiro atoms. The number of aromatic nitrogens is 1. The Morgan fingerprint density at radius 3 is 2.53 bits per heavy atom. The van der Waals surface area contributed by atoms with Gasteiger partial charge >= 0.3 is 0 Å². The molecule has 2 rings (SSSR count). The van der Waals surface area contributed by atoms with Gasteiger partial charge in [0, 0.05) is 22.5 Å². The third-order valence-electron chi connectivity index (χ3n) is 2.59. The second kappa shape index (κ2) is 5.25. The number of nitrogens with one attached hydrogen (secondary N) is 1. The summed E-state index contributed by atoms with van der Waals surface area (Å²) < 4.78 is 25.8. The molecule has 0 atom stereocenters. The van der Waals surface area contributed by atoms with Crippen LogP contribution in [0.15, 0.2) is 23.6 Å². The van der Waals surface area contributed by atoms with Crippen molar-refractivity contribution in [2.24, 2.45) is 0 Å². The van der Waals surface area contributed by atoms with Crippen LogP contribution in [0, 0.1) is 11.6 Å². The van der Waals surface area contributed by atoms with Crippen LogP contribution in [0.25, 0.3) is 0 Å². The number of nitrogens with zero attached hydrogens (tertiary/aromatic N) is 1. The van der Waals surface area contributed by atoms with Gasteiger partial charge in [-0.15, -0.1) is 11.3 Å². The highest BCUT2D eigenvalue weighted by atomic mass is 32.1. The summed E-state index contributed by atoms with van der Waals surface area (Å²) in [6, 6.07) is 3.76. The van der Waals surface area contributed by atoms with Gasteiger partial charge in [-0.2, -0.15) is 0 Å². The summed E-state index contributed by atoms with van der Waals surface area (Å²) in [5, 5.41) is 6.08. The average Bonchev–Trinajstić information content (AvgIpc) is 2.79. The van der Waals surface area contributed by atoms with E-state index < -0.39 is 11.6 Å². The van der Waals surface area contributed by atoms with Crippen molar-refractivity contribution >= 4 is 17.0 Å². The molecule has 19 heavy (non-hydrogen) atoms. The van der Waals surface area contributed by atoms with Gasteiger partial charge in [0.2, 0.25) is 0 Å². The Morgan fingerprint density at radius 1 is 1.21 bits per heavy atom. The van der Waals surface area contributed by atoms with E-state index in [1.54, 1.807) is 11.3 Å². The number of halogens is 2. The highest BCUT2D eigenvalue weighted by molar-refractivity contribution is 7.09. The number of benzene rings is 1. The molecule has 102 valence electrons. The zero-order chi connectivity index (χ0) is 14.0. The lowest BCUT2D eigenvalue weighted by atomic mass is 9.98. The number of rotatable bonds is 3. The minimum Gasteiger partial charge on any atom is -0.379 e. The summed E-state index contributed by atoms with van der Waals surface area (Å²) in [4.78, 5) is 4.52. The Balaban J connectivity index is 2.02. The molecule has 0 aliphatic heterocycles. The summed E-state index contributed by atoms with van der Waals surface area (Å²) in [7, 11) is 0. The van der Waals surface area contributed by atoms with Crippen LogP contribution < -0.4 is 5.32 Å². The van der Waals surface area contributed by atoms with Gasteiger partial charge in [0.15, 0.2) is 11.6 Å². The van der Waals surface area contributed by atoms with Gasteiger partial charge < -0.3 is 5.32 Å². The average molecular weight is 282 g/mol. The molecule has 0 unspecified atom stereocenters. The topological polar surface area (TPSA) is 24.9 Å². The van der Waals surface area contributed by atoms with Crippen molar-refractivity contribution in [3.63, 3.8) is 0 Å². The molecule has 0 amide bonds. The Kier molecular flexibility index (Phi) is 3.85.